The summed E-state index contributed by atoms with van der Waals surface area (Å²) >= 11 is 0. The van der Waals surface area contributed by atoms with E-state index in [-0.39, 0.29) is 29.6 Å². The van der Waals surface area contributed by atoms with Crippen molar-refractivity contribution in [2.45, 2.75) is 50.8 Å². The molecule has 2 aliphatic carbocycles. The van der Waals surface area contributed by atoms with E-state index in [1.165, 1.54) is 0 Å². The van der Waals surface area contributed by atoms with E-state index >= 15 is 0 Å². The lowest BCUT2D eigenvalue weighted by Crippen LogP contribution is -2.35. The van der Waals surface area contributed by atoms with E-state index < -0.39 is 5.79 Å². The van der Waals surface area contributed by atoms with Crippen LogP contribution in [-0.4, -0.2) is 37.8 Å². The number of ether oxygens (including phenoxy) is 3. The van der Waals surface area contributed by atoms with E-state index in [9.17, 15) is 4.91 Å². The lowest BCUT2D eigenvalue weighted by atomic mass is 9.90. The molecule has 1 saturated heterocycles. The SMILES string of the molecule is COC1C2OC(C)(C)OC2[C@@H](CN=O)C12CC2. The second-order valence-corrected chi connectivity index (χ2v) is 5.87. The van der Waals surface area contributed by atoms with Gasteiger partial charge in [-0.15, -0.1) is 0 Å². The number of fused-ring (bicyclic) bond motifs is 1. The standard InChI is InChI=1S/C12H19NO4/c1-11(2)16-8-7(6-13-14)12(4-5-12)10(15-3)9(8)17-11/h7-10H,4-6H2,1-3H3/t7-,8?,9?,10?/m1/s1. The molecule has 3 aliphatic rings. The quantitative estimate of drug-likeness (QED) is 0.706. The van der Waals surface area contributed by atoms with Gasteiger partial charge in [-0.25, -0.2) is 0 Å². The van der Waals surface area contributed by atoms with Crippen LogP contribution in [0.2, 0.25) is 0 Å². The average Bonchev–Trinajstić information content (AvgIpc) is 2.92. The molecule has 0 aromatic heterocycles. The fraction of sp³-hybridized carbons (Fsp3) is 1.00. The normalized spacial score (nSPS) is 44.9. The van der Waals surface area contributed by atoms with E-state index in [0.29, 0.717) is 6.54 Å². The number of rotatable bonds is 3. The molecule has 5 heteroatoms. The van der Waals surface area contributed by atoms with Gasteiger partial charge in [0.1, 0.15) is 6.10 Å². The summed E-state index contributed by atoms with van der Waals surface area (Å²) < 4.78 is 17.5. The van der Waals surface area contributed by atoms with Crippen LogP contribution in [0.4, 0.5) is 0 Å². The Morgan fingerprint density at radius 1 is 1.29 bits per heavy atom. The third kappa shape index (κ3) is 1.49. The fourth-order valence-corrected chi connectivity index (χ4v) is 3.76. The maximum absolute atomic E-state index is 10.6. The Hall–Kier alpha value is -0.520. The molecule has 3 rings (SSSR count). The van der Waals surface area contributed by atoms with Crippen LogP contribution in [0.15, 0.2) is 5.18 Å². The van der Waals surface area contributed by atoms with Gasteiger partial charge in [-0.1, -0.05) is 5.18 Å². The van der Waals surface area contributed by atoms with Gasteiger partial charge in [0.05, 0.1) is 18.8 Å². The van der Waals surface area contributed by atoms with Crippen LogP contribution in [0, 0.1) is 16.2 Å². The molecule has 3 unspecified atom stereocenters. The van der Waals surface area contributed by atoms with Crippen molar-refractivity contribution in [1.82, 2.24) is 0 Å². The van der Waals surface area contributed by atoms with Crippen LogP contribution in [0.5, 0.6) is 0 Å². The predicted molar refractivity (Wildman–Crippen MR) is 60.4 cm³/mol. The van der Waals surface area contributed by atoms with Gasteiger partial charge in [-0.3, -0.25) is 0 Å². The fourth-order valence-electron chi connectivity index (χ4n) is 3.76. The molecule has 2 saturated carbocycles. The minimum absolute atomic E-state index is 0.0426. The monoisotopic (exact) mass is 241 g/mol. The van der Waals surface area contributed by atoms with Gasteiger partial charge in [0.25, 0.3) is 0 Å². The van der Waals surface area contributed by atoms with Gasteiger partial charge in [0, 0.05) is 18.4 Å². The number of methoxy groups -OCH3 is 1. The Kier molecular flexibility index (Phi) is 2.38. The van der Waals surface area contributed by atoms with E-state index in [1.807, 2.05) is 13.8 Å². The van der Waals surface area contributed by atoms with Crippen LogP contribution in [-0.2, 0) is 14.2 Å². The van der Waals surface area contributed by atoms with Gasteiger partial charge in [-0.2, -0.15) is 4.91 Å². The maximum Gasteiger partial charge on any atom is 0.163 e. The van der Waals surface area contributed by atoms with E-state index in [4.69, 9.17) is 14.2 Å². The molecule has 3 fully saturated rings. The summed E-state index contributed by atoms with van der Waals surface area (Å²) in [5, 5.41) is 3.09. The zero-order chi connectivity index (χ0) is 12.3. The Balaban J connectivity index is 1.91. The van der Waals surface area contributed by atoms with Crippen molar-refractivity contribution >= 4 is 0 Å². The smallest absolute Gasteiger partial charge is 0.163 e. The molecule has 96 valence electrons. The van der Waals surface area contributed by atoms with Crippen molar-refractivity contribution in [2.75, 3.05) is 13.7 Å². The van der Waals surface area contributed by atoms with E-state index in [2.05, 4.69) is 5.18 Å². The average molecular weight is 241 g/mol. The first-order chi connectivity index (χ1) is 8.04. The number of nitrogens with zero attached hydrogens (tertiary/aromatic N) is 1. The zero-order valence-electron chi connectivity index (χ0n) is 10.5. The molecule has 1 spiro atoms. The minimum atomic E-state index is -0.580. The molecule has 5 nitrogen and oxygen atoms in total. The first-order valence-corrected chi connectivity index (χ1v) is 6.22. The lowest BCUT2D eigenvalue weighted by Gasteiger charge is -2.28. The summed E-state index contributed by atoms with van der Waals surface area (Å²) in [5.74, 6) is -0.430. The summed E-state index contributed by atoms with van der Waals surface area (Å²) in [6, 6.07) is 0. The summed E-state index contributed by atoms with van der Waals surface area (Å²) in [7, 11) is 1.72. The summed E-state index contributed by atoms with van der Waals surface area (Å²) in [4.78, 5) is 10.6. The minimum Gasteiger partial charge on any atom is -0.378 e. The number of nitroso groups, excluding NO2 is 1. The second-order valence-electron chi connectivity index (χ2n) is 5.87. The van der Waals surface area contributed by atoms with Crippen molar-refractivity contribution in [2.24, 2.45) is 16.5 Å². The Morgan fingerprint density at radius 3 is 2.47 bits per heavy atom. The van der Waals surface area contributed by atoms with Crippen molar-refractivity contribution in [1.29, 1.82) is 0 Å². The third-order valence-corrected chi connectivity index (χ3v) is 4.52. The van der Waals surface area contributed by atoms with Crippen molar-refractivity contribution in [3.63, 3.8) is 0 Å². The molecule has 0 aromatic rings. The molecule has 4 atom stereocenters. The molecule has 0 N–H and O–H groups in total. The Morgan fingerprint density at radius 2 is 1.94 bits per heavy atom. The lowest BCUT2D eigenvalue weighted by molar-refractivity contribution is -0.178. The van der Waals surface area contributed by atoms with Crippen LogP contribution in [0.25, 0.3) is 0 Å². The van der Waals surface area contributed by atoms with E-state index in [1.54, 1.807) is 7.11 Å². The topological polar surface area (TPSA) is 57.1 Å². The van der Waals surface area contributed by atoms with Crippen LogP contribution >= 0.6 is 0 Å². The van der Waals surface area contributed by atoms with Crippen molar-refractivity contribution in [3.05, 3.63) is 4.91 Å². The predicted octanol–water partition coefficient (Wildman–Crippen LogP) is 1.70. The second kappa shape index (κ2) is 3.49. The molecule has 1 heterocycles. The van der Waals surface area contributed by atoms with Gasteiger partial charge >= 0.3 is 0 Å². The molecule has 17 heavy (non-hydrogen) atoms. The third-order valence-electron chi connectivity index (χ3n) is 4.52. The van der Waals surface area contributed by atoms with Gasteiger partial charge in [-0.05, 0) is 26.7 Å². The van der Waals surface area contributed by atoms with Crippen molar-refractivity contribution in [3.8, 4) is 0 Å². The summed E-state index contributed by atoms with van der Waals surface area (Å²) in [6.07, 6.45) is 2.12. The zero-order valence-corrected chi connectivity index (χ0v) is 10.5. The number of hydrogen-bond acceptors (Lipinski definition) is 5. The highest BCUT2D eigenvalue weighted by Crippen LogP contribution is 2.65. The van der Waals surface area contributed by atoms with Gasteiger partial charge in [0.2, 0.25) is 0 Å². The summed E-state index contributed by atoms with van der Waals surface area (Å²) in [5.41, 5.74) is 0.0779. The van der Waals surface area contributed by atoms with Crippen LogP contribution < -0.4 is 0 Å². The molecule has 0 amide bonds. The van der Waals surface area contributed by atoms with Crippen LogP contribution in [0.3, 0.4) is 0 Å². The molecular formula is C12H19NO4. The first kappa shape index (κ1) is 11.6. The van der Waals surface area contributed by atoms with Gasteiger partial charge in [0.15, 0.2) is 5.79 Å². The van der Waals surface area contributed by atoms with Crippen LogP contribution in [0.1, 0.15) is 26.7 Å². The highest BCUT2D eigenvalue weighted by molar-refractivity contribution is 5.18. The molecule has 0 bridgehead atoms. The first-order valence-electron chi connectivity index (χ1n) is 6.22. The number of hydrogen-bond donors (Lipinski definition) is 0. The maximum atomic E-state index is 10.6. The van der Waals surface area contributed by atoms with Gasteiger partial charge < -0.3 is 14.2 Å². The highest BCUT2D eigenvalue weighted by Gasteiger charge is 2.71. The highest BCUT2D eigenvalue weighted by atomic mass is 16.8. The van der Waals surface area contributed by atoms with Crippen molar-refractivity contribution < 1.29 is 14.2 Å². The van der Waals surface area contributed by atoms with E-state index in [0.717, 1.165) is 12.8 Å². The Labute approximate surface area is 101 Å². The Bertz CT molecular complexity index is 339. The molecular weight excluding hydrogens is 222 g/mol. The molecule has 0 radical (unpaired) electrons. The molecule has 0 aromatic carbocycles. The molecule has 1 aliphatic heterocycles. The largest absolute Gasteiger partial charge is 0.378 e. The summed E-state index contributed by atoms with van der Waals surface area (Å²) in [6.45, 7) is 4.12.